The second kappa shape index (κ2) is 7.66. The third-order valence-corrected chi connectivity index (χ3v) is 4.13. The van der Waals surface area contributed by atoms with Gasteiger partial charge in [-0.1, -0.05) is 48.5 Å². The van der Waals surface area contributed by atoms with Crippen LogP contribution in [-0.4, -0.2) is 26.0 Å². The topological polar surface area (TPSA) is 52.6 Å². The fraction of sp³-hybridized carbons (Fsp3) is 0.0909. The summed E-state index contributed by atoms with van der Waals surface area (Å²) in [6, 6.07) is 18.2. The van der Waals surface area contributed by atoms with E-state index in [1.165, 1.54) is 13.2 Å². The van der Waals surface area contributed by atoms with Gasteiger partial charge in [0, 0.05) is 11.1 Å². The van der Waals surface area contributed by atoms with Crippen LogP contribution in [0.2, 0.25) is 0 Å². The van der Waals surface area contributed by atoms with Crippen LogP contribution < -0.4 is 4.74 Å². The van der Waals surface area contributed by atoms with Gasteiger partial charge in [0.25, 0.3) is 0 Å². The van der Waals surface area contributed by atoms with Gasteiger partial charge >= 0.3 is 5.97 Å². The highest BCUT2D eigenvalue weighted by Crippen LogP contribution is 2.33. The van der Waals surface area contributed by atoms with Crippen molar-refractivity contribution in [2.24, 2.45) is 0 Å². The summed E-state index contributed by atoms with van der Waals surface area (Å²) in [4.78, 5) is 24.8. The zero-order valence-electron chi connectivity index (χ0n) is 14.6. The van der Waals surface area contributed by atoms with E-state index in [0.717, 1.165) is 5.56 Å². The predicted molar refractivity (Wildman–Crippen MR) is 101 cm³/mol. The summed E-state index contributed by atoms with van der Waals surface area (Å²) >= 11 is 0. The van der Waals surface area contributed by atoms with Crippen LogP contribution in [-0.2, 0) is 4.74 Å². The molecule has 4 heteroatoms. The first-order valence-electron chi connectivity index (χ1n) is 8.11. The molecule has 1 aromatic carbocycles. The Bertz CT molecular complexity index is 956. The van der Waals surface area contributed by atoms with Crippen LogP contribution in [0.5, 0.6) is 5.75 Å². The number of rotatable bonds is 5. The van der Waals surface area contributed by atoms with E-state index >= 15 is 0 Å². The van der Waals surface area contributed by atoms with Crippen LogP contribution in [0.3, 0.4) is 0 Å². The quantitative estimate of drug-likeness (QED) is 0.388. The van der Waals surface area contributed by atoms with Gasteiger partial charge < -0.3 is 9.47 Å². The first-order chi connectivity index (χ1) is 12.7. The molecule has 0 radical (unpaired) electrons. The summed E-state index contributed by atoms with van der Waals surface area (Å²) in [5.74, 6) is 0.0294. The molecule has 0 fully saturated rings. The van der Waals surface area contributed by atoms with E-state index in [0.29, 0.717) is 28.0 Å². The van der Waals surface area contributed by atoms with Crippen LogP contribution in [0.25, 0.3) is 17.2 Å². The zero-order chi connectivity index (χ0) is 18.5. The predicted octanol–water partition coefficient (Wildman–Crippen LogP) is 4.48. The molecule has 0 N–H and O–H groups in total. The SMILES string of the molecule is COC(=O)c1cc(C(=O)/C=C/c2ccccc2OC)c2cccccc1-2. The number of hydrogen-bond acceptors (Lipinski definition) is 4. The third kappa shape index (κ3) is 3.35. The largest absolute Gasteiger partial charge is 0.496 e. The molecule has 0 saturated heterocycles. The van der Waals surface area contributed by atoms with Crippen molar-refractivity contribution in [2.75, 3.05) is 14.2 Å². The van der Waals surface area contributed by atoms with Crippen molar-refractivity contribution in [3.05, 3.63) is 83.4 Å². The molecule has 0 saturated carbocycles. The number of methoxy groups -OCH3 is 2. The van der Waals surface area contributed by atoms with Gasteiger partial charge in [-0.25, -0.2) is 4.79 Å². The van der Waals surface area contributed by atoms with Gasteiger partial charge in [0.15, 0.2) is 5.78 Å². The van der Waals surface area contributed by atoms with Crippen molar-refractivity contribution >= 4 is 17.8 Å². The molecule has 4 nitrogen and oxygen atoms in total. The Labute approximate surface area is 152 Å². The number of fused-ring (bicyclic) bond motifs is 1. The lowest BCUT2D eigenvalue weighted by molar-refractivity contribution is 0.0602. The molecule has 2 aliphatic rings. The number of carbonyl (C=O) groups is 2. The lowest BCUT2D eigenvalue weighted by atomic mass is 10.0. The van der Waals surface area contributed by atoms with Gasteiger partial charge in [0.1, 0.15) is 5.75 Å². The Morgan fingerprint density at radius 2 is 1.50 bits per heavy atom. The number of ketones is 1. The van der Waals surface area contributed by atoms with E-state index in [2.05, 4.69) is 0 Å². The summed E-state index contributed by atoms with van der Waals surface area (Å²) in [7, 11) is 2.91. The van der Waals surface area contributed by atoms with Gasteiger partial charge in [-0.15, -0.1) is 0 Å². The maximum atomic E-state index is 12.8. The highest BCUT2D eigenvalue weighted by molar-refractivity contribution is 6.15. The first kappa shape index (κ1) is 17.4. The Morgan fingerprint density at radius 1 is 0.846 bits per heavy atom. The van der Waals surface area contributed by atoms with Gasteiger partial charge in [-0.3, -0.25) is 4.79 Å². The summed E-state index contributed by atoms with van der Waals surface area (Å²) in [6.07, 6.45) is 3.20. The second-order valence-electron chi connectivity index (χ2n) is 5.64. The molecule has 0 unspecified atom stereocenters. The second-order valence-corrected chi connectivity index (χ2v) is 5.64. The number of hydrogen-bond donors (Lipinski definition) is 0. The standard InChI is InChI=1S/C22H18O4/c1-25-21-11-7-6-8-15(21)12-13-20(23)18-14-19(22(24)26-2)17-10-5-3-4-9-16(17)18/h3-14H,1-2H3/b13-12+. The number of carbonyl (C=O) groups excluding carboxylic acids is 2. The maximum Gasteiger partial charge on any atom is 0.338 e. The minimum atomic E-state index is -0.464. The van der Waals surface area contributed by atoms with Crippen molar-refractivity contribution in [2.45, 2.75) is 0 Å². The highest BCUT2D eigenvalue weighted by Gasteiger charge is 2.22. The average molecular weight is 346 g/mol. The fourth-order valence-corrected chi connectivity index (χ4v) is 2.86. The first-order valence-corrected chi connectivity index (χ1v) is 8.11. The van der Waals surface area contributed by atoms with E-state index in [-0.39, 0.29) is 5.78 Å². The Morgan fingerprint density at radius 3 is 2.19 bits per heavy atom. The van der Waals surface area contributed by atoms with Crippen molar-refractivity contribution in [1.82, 2.24) is 0 Å². The number of esters is 1. The van der Waals surface area contributed by atoms with E-state index in [4.69, 9.17) is 9.47 Å². The van der Waals surface area contributed by atoms with Crippen molar-refractivity contribution < 1.29 is 19.1 Å². The fourth-order valence-electron chi connectivity index (χ4n) is 2.86. The molecule has 0 amide bonds. The molecule has 0 spiro atoms. The van der Waals surface area contributed by atoms with E-state index < -0.39 is 5.97 Å². The molecule has 1 aromatic rings. The Balaban J connectivity index is 2.01. The highest BCUT2D eigenvalue weighted by atomic mass is 16.5. The van der Waals surface area contributed by atoms with Gasteiger partial charge in [-0.2, -0.15) is 0 Å². The van der Waals surface area contributed by atoms with Crippen molar-refractivity contribution in [3.8, 4) is 16.9 Å². The minimum Gasteiger partial charge on any atom is -0.496 e. The number of ether oxygens (including phenoxy) is 2. The van der Waals surface area contributed by atoms with Crippen LogP contribution in [0.1, 0.15) is 26.3 Å². The van der Waals surface area contributed by atoms with E-state index in [9.17, 15) is 9.59 Å². The molecule has 26 heavy (non-hydrogen) atoms. The smallest absolute Gasteiger partial charge is 0.338 e. The van der Waals surface area contributed by atoms with E-state index in [1.807, 2.05) is 54.6 Å². The van der Waals surface area contributed by atoms with E-state index in [1.54, 1.807) is 19.3 Å². The normalized spacial score (nSPS) is 10.8. The maximum absolute atomic E-state index is 12.8. The number of benzene rings is 1. The Hall–Kier alpha value is -3.40. The Kier molecular flexibility index (Phi) is 5.13. The summed E-state index contributed by atoms with van der Waals surface area (Å²) in [6.45, 7) is 0. The molecular formula is C22H18O4. The van der Waals surface area contributed by atoms with Gasteiger partial charge in [-0.05, 0) is 35.4 Å². The molecule has 0 aliphatic heterocycles. The summed E-state index contributed by atoms with van der Waals surface area (Å²) in [5.41, 5.74) is 3.05. The number of allylic oxidation sites excluding steroid dienone is 1. The lowest BCUT2D eigenvalue weighted by Crippen LogP contribution is -2.00. The van der Waals surface area contributed by atoms with Crippen LogP contribution in [0, 0.1) is 0 Å². The molecule has 3 rings (SSSR count). The van der Waals surface area contributed by atoms with Crippen LogP contribution in [0.15, 0.2) is 66.7 Å². The van der Waals surface area contributed by atoms with Crippen molar-refractivity contribution in [1.29, 1.82) is 0 Å². The molecule has 0 aromatic heterocycles. The van der Waals surface area contributed by atoms with Crippen LogP contribution >= 0.6 is 0 Å². The minimum absolute atomic E-state index is 0.192. The molecule has 2 aliphatic carbocycles. The lowest BCUT2D eigenvalue weighted by Gasteiger charge is -2.03. The summed E-state index contributed by atoms with van der Waals surface area (Å²) < 4.78 is 10.1. The van der Waals surface area contributed by atoms with Crippen molar-refractivity contribution in [3.63, 3.8) is 0 Å². The van der Waals surface area contributed by atoms with Gasteiger partial charge in [0.05, 0.1) is 19.8 Å². The average Bonchev–Trinajstić information content (AvgIpc) is 2.86. The molecular weight excluding hydrogens is 328 g/mol. The molecule has 130 valence electrons. The molecule has 0 atom stereocenters. The summed E-state index contributed by atoms with van der Waals surface area (Å²) in [5, 5.41) is 0. The zero-order valence-corrected chi connectivity index (χ0v) is 14.6. The third-order valence-electron chi connectivity index (χ3n) is 4.13. The van der Waals surface area contributed by atoms with Gasteiger partial charge in [0.2, 0.25) is 0 Å². The molecule has 0 heterocycles. The van der Waals surface area contributed by atoms with Crippen LogP contribution in [0.4, 0.5) is 0 Å². The number of para-hydroxylation sites is 1. The monoisotopic (exact) mass is 346 g/mol. The molecule has 0 bridgehead atoms.